The molecule has 0 bridgehead atoms. The Balaban J connectivity index is 2.49. The number of carbonyl (C=O) groups excluding carboxylic acids is 1. The van der Waals surface area contributed by atoms with E-state index in [9.17, 15) is 4.79 Å². The van der Waals surface area contributed by atoms with Crippen molar-refractivity contribution in [2.75, 3.05) is 13.1 Å². The van der Waals surface area contributed by atoms with Crippen molar-refractivity contribution in [2.24, 2.45) is 5.92 Å². The molecule has 0 aromatic heterocycles. The van der Waals surface area contributed by atoms with Crippen molar-refractivity contribution in [2.45, 2.75) is 46.1 Å². The van der Waals surface area contributed by atoms with Gasteiger partial charge in [-0.3, -0.25) is 0 Å². The molecular formula is C15H25NO2. The largest absolute Gasteiger partial charge is 0.444 e. The highest BCUT2D eigenvalue weighted by Crippen LogP contribution is 2.26. The van der Waals surface area contributed by atoms with E-state index in [1.54, 1.807) is 4.90 Å². The SMILES string of the molecule is C=C/C(=C\C)C1CCN(C(=O)OC(C)(C)C)CC1. The first-order chi connectivity index (χ1) is 8.37. The number of amides is 1. The Morgan fingerprint density at radius 3 is 2.28 bits per heavy atom. The standard InChI is InChI=1S/C15H25NO2/c1-6-12(7-2)13-8-10-16(11-9-13)14(17)18-15(3,4)5/h6-7,13H,1,8-11H2,2-5H3/b12-7+. The predicted octanol–water partition coefficient (Wildman–Crippen LogP) is 3.77. The van der Waals surface area contributed by atoms with Crippen LogP contribution in [0.25, 0.3) is 0 Å². The van der Waals surface area contributed by atoms with E-state index >= 15 is 0 Å². The number of carbonyl (C=O) groups is 1. The average Bonchev–Trinajstić information content (AvgIpc) is 2.29. The highest BCUT2D eigenvalue weighted by molar-refractivity contribution is 5.68. The minimum atomic E-state index is -0.413. The first-order valence-corrected chi connectivity index (χ1v) is 6.64. The Kier molecular flexibility index (Phi) is 5.00. The van der Waals surface area contributed by atoms with Crippen LogP contribution in [0, 0.1) is 5.92 Å². The number of rotatable bonds is 2. The van der Waals surface area contributed by atoms with E-state index in [1.165, 1.54) is 5.57 Å². The van der Waals surface area contributed by atoms with Gasteiger partial charge in [-0.25, -0.2) is 4.79 Å². The van der Waals surface area contributed by atoms with E-state index in [0.29, 0.717) is 5.92 Å². The van der Waals surface area contributed by atoms with Crippen LogP contribution in [0.5, 0.6) is 0 Å². The van der Waals surface area contributed by atoms with Gasteiger partial charge < -0.3 is 9.64 Å². The van der Waals surface area contributed by atoms with Gasteiger partial charge >= 0.3 is 6.09 Å². The molecule has 3 heteroatoms. The van der Waals surface area contributed by atoms with E-state index in [0.717, 1.165) is 25.9 Å². The number of hydrogen-bond donors (Lipinski definition) is 0. The second kappa shape index (κ2) is 6.07. The fourth-order valence-corrected chi connectivity index (χ4v) is 2.24. The van der Waals surface area contributed by atoms with Gasteiger partial charge in [0.25, 0.3) is 0 Å². The smallest absolute Gasteiger partial charge is 0.410 e. The van der Waals surface area contributed by atoms with Crippen molar-refractivity contribution in [3.63, 3.8) is 0 Å². The number of hydrogen-bond acceptors (Lipinski definition) is 2. The van der Waals surface area contributed by atoms with Gasteiger partial charge in [-0.1, -0.05) is 18.7 Å². The molecule has 102 valence electrons. The molecule has 0 aliphatic carbocycles. The summed E-state index contributed by atoms with van der Waals surface area (Å²) in [4.78, 5) is 13.7. The third-order valence-electron chi connectivity index (χ3n) is 3.19. The molecule has 0 saturated carbocycles. The molecule has 3 nitrogen and oxygen atoms in total. The molecule has 0 spiro atoms. The van der Waals surface area contributed by atoms with Gasteiger partial charge in [-0.15, -0.1) is 0 Å². The number of nitrogens with zero attached hydrogens (tertiary/aromatic N) is 1. The third kappa shape index (κ3) is 4.21. The lowest BCUT2D eigenvalue weighted by atomic mass is 9.89. The summed E-state index contributed by atoms with van der Waals surface area (Å²) in [5, 5.41) is 0. The molecule has 0 unspecified atom stereocenters. The molecule has 1 aliphatic heterocycles. The lowest BCUT2D eigenvalue weighted by Crippen LogP contribution is -2.41. The zero-order valence-electron chi connectivity index (χ0n) is 12.0. The molecular weight excluding hydrogens is 226 g/mol. The van der Waals surface area contributed by atoms with Crippen LogP contribution >= 0.6 is 0 Å². The summed E-state index contributed by atoms with van der Waals surface area (Å²) in [6.07, 6.45) is 5.83. The molecule has 1 heterocycles. The summed E-state index contributed by atoms with van der Waals surface area (Å²) >= 11 is 0. The van der Waals surface area contributed by atoms with Gasteiger partial charge in [0, 0.05) is 13.1 Å². The van der Waals surface area contributed by atoms with Gasteiger partial charge in [0.1, 0.15) is 5.60 Å². The lowest BCUT2D eigenvalue weighted by Gasteiger charge is -2.33. The summed E-state index contributed by atoms with van der Waals surface area (Å²) in [7, 11) is 0. The monoisotopic (exact) mass is 251 g/mol. The van der Waals surface area contributed by atoms with E-state index < -0.39 is 5.60 Å². The van der Waals surface area contributed by atoms with Crippen molar-refractivity contribution >= 4 is 6.09 Å². The van der Waals surface area contributed by atoms with Gasteiger partial charge in [-0.05, 0) is 52.0 Å². The molecule has 18 heavy (non-hydrogen) atoms. The summed E-state index contributed by atoms with van der Waals surface area (Å²) in [6.45, 7) is 13.1. The maximum atomic E-state index is 11.9. The molecule has 1 fully saturated rings. The fourth-order valence-electron chi connectivity index (χ4n) is 2.24. The number of piperidine rings is 1. The number of allylic oxidation sites excluding steroid dienone is 3. The minimum Gasteiger partial charge on any atom is -0.444 e. The number of ether oxygens (including phenoxy) is 1. The van der Waals surface area contributed by atoms with Crippen LogP contribution in [-0.4, -0.2) is 29.7 Å². The van der Waals surface area contributed by atoms with E-state index in [4.69, 9.17) is 4.74 Å². The molecule has 1 saturated heterocycles. The zero-order chi connectivity index (χ0) is 13.8. The lowest BCUT2D eigenvalue weighted by molar-refractivity contribution is 0.0195. The van der Waals surface area contributed by atoms with Crippen molar-refractivity contribution in [3.05, 3.63) is 24.3 Å². The van der Waals surface area contributed by atoms with Crippen molar-refractivity contribution in [3.8, 4) is 0 Å². The first kappa shape index (κ1) is 14.8. The van der Waals surface area contributed by atoms with Crippen LogP contribution in [-0.2, 0) is 4.74 Å². The average molecular weight is 251 g/mol. The first-order valence-electron chi connectivity index (χ1n) is 6.64. The van der Waals surface area contributed by atoms with Crippen LogP contribution in [0.3, 0.4) is 0 Å². The zero-order valence-corrected chi connectivity index (χ0v) is 12.0. The van der Waals surface area contributed by atoms with E-state index in [-0.39, 0.29) is 6.09 Å². The Morgan fingerprint density at radius 1 is 1.33 bits per heavy atom. The molecule has 0 aromatic carbocycles. The van der Waals surface area contributed by atoms with E-state index in [2.05, 4.69) is 12.7 Å². The maximum Gasteiger partial charge on any atom is 0.410 e. The van der Waals surface area contributed by atoms with Gasteiger partial charge in [0.15, 0.2) is 0 Å². The number of likely N-dealkylation sites (tertiary alicyclic amines) is 1. The Labute approximate surface area is 110 Å². The van der Waals surface area contributed by atoms with Gasteiger partial charge in [0.05, 0.1) is 0 Å². The van der Waals surface area contributed by atoms with Gasteiger partial charge in [-0.2, -0.15) is 0 Å². The quantitative estimate of drug-likeness (QED) is 0.699. The second-order valence-corrected chi connectivity index (χ2v) is 5.73. The summed E-state index contributed by atoms with van der Waals surface area (Å²) in [5.74, 6) is 0.534. The molecule has 1 rings (SSSR count). The molecule has 0 aromatic rings. The minimum absolute atomic E-state index is 0.193. The maximum absolute atomic E-state index is 11.9. The normalized spacial score (nSPS) is 18.7. The molecule has 0 radical (unpaired) electrons. The van der Waals surface area contributed by atoms with Crippen molar-refractivity contribution < 1.29 is 9.53 Å². The van der Waals surface area contributed by atoms with Crippen molar-refractivity contribution in [1.29, 1.82) is 0 Å². The van der Waals surface area contributed by atoms with E-state index in [1.807, 2.05) is 33.8 Å². The predicted molar refractivity (Wildman–Crippen MR) is 74.5 cm³/mol. The highest BCUT2D eigenvalue weighted by atomic mass is 16.6. The van der Waals surface area contributed by atoms with Crippen LogP contribution in [0.1, 0.15) is 40.5 Å². The summed E-state index contributed by atoms with van der Waals surface area (Å²) in [5.41, 5.74) is 0.877. The molecule has 0 atom stereocenters. The summed E-state index contributed by atoms with van der Waals surface area (Å²) in [6, 6.07) is 0. The fraction of sp³-hybridized carbons (Fsp3) is 0.667. The Morgan fingerprint density at radius 2 is 1.89 bits per heavy atom. The Hall–Kier alpha value is -1.25. The molecule has 1 amide bonds. The van der Waals surface area contributed by atoms with Crippen LogP contribution < -0.4 is 0 Å². The second-order valence-electron chi connectivity index (χ2n) is 5.73. The third-order valence-corrected chi connectivity index (χ3v) is 3.19. The van der Waals surface area contributed by atoms with Crippen molar-refractivity contribution in [1.82, 2.24) is 4.90 Å². The van der Waals surface area contributed by atoms with Crippen LogP contribution in [0.15, 0.2) is 24.3 Å². The highest BCUT2D eigenvalue weighted by Gasteiger charge is 2.27. The van der Waals surface area contributed by atoms with Crippen LogP contribution in [0.2, 0.25) is 0 Å². The van der Waals surface area contributed by atoms with Crippen LogP contribution in [0.4, 0.5) is 4.79 Å². The summed E-state index contributed by atoms with van der Waals surface area (Å²) < 4.78 is 5.38. The topological polar surface area (TPSA) is 29.5 Å². The molecule has 1 aliphatic rings. The Bertz CT molecular complexity index is 331. The van der Waals surface area contributed by atoms with Gasteiger partial charge in [0.2, 0.25) is 0 Å². The molecule has 0 N–H and O–H groups in total.